The van der Waals surface area contributed by atoms with Gasteiger partial charge < -0.3 is 27.1 Å². The largest absolute Gasteiger partial charge is 0.480 e. The van der Waals surface area contributed by atoms with E-state index in [4.69, 9.17) is 26.7 Å². The van der Waals surface area contributed by atoms with E-state index in [1.54, 1.807) is 0 Å². The third-order valence-electron chi connectivity index (χ3n) is 1.31. The van der Waals surface area contributed by atoms with Gasteiger partial charge in [0.05, 0.1) is 0 Å². The maximum atomic E-state index is 10.2. The number of carboxylic acid groups (broad SMARTS) is 1. The smallest absolute Gasteiger partial charge is 0.320 e. The maximum Gasteiger partial charge on any atom is 0.320 e. The lowest BCUT2D eigenvalue weighted by Crippen LogP contribution is -2.33. The normalized spacial score (nSPS) is 10.5. The molecule has 0 heterocycles. The van der Waals surface area contributed by atoms with Crippen LogP contribution in [0.4, 0.5) is 4.79 Å². The minimum atomic E-state index is -1.03. The number of aliphatic carboxylic acids is 1. The van der Waals surface area contributed by atoms with Crippen LogP contribution in [0.5, 0.6) is 0 Å². The minimum absolute atomic E-state index is 0.329. The molecular weight excluding hydrogens is 208 g/mol. The van der Waals surface area contributed by atoms with Gasteiger partial charge >= 0.3 is 12.0 Å². The van der Waals surface area contributed by atoms with Crippen molar-refractivity contribution in [2.45, 2.75) is 18.9 Å². The van der Waals surface area contributed by atoms with Crippen molar-refractivity contribution in [3.05, 3.63) is 4.91 Å². The number of urea groups is 1. The fourth-order valence-corrected chi connectivity index (χ4v) is 0.657. The summed E-state index contributed by atoms with van der Waals surface area (Å²) in [6.07, 6.45) is 0.839. The first-order valence-corrected chi connectivity index (χ1v) is 3.94. The van der Waals surface area contributed by atoms with E-state index in [-0.39, 0.29) is 0 Å². The summed E-state index contributed by atoms with van der Waals surface area (Å²) in [5, 5.41) is 18.6. The molecule has 0 aliphatic rings. The molecule has 9 heteroatoms. The molecule has 0 aromatic rings. The quantitative estimate of drug-likeness (QED) is 0.227. The van der Waals surface area contributed by atoms with Crippen LogP contribution in [0.2, 0.25) is 0 Å². The third kappa shape index (κ3) is 14.9. The minimum Gasteiger partial charge on any atom is -0.480 e. The van der Waals surface area contributed by atoms with Crippen LogP contribution in [0, 0.1) is 4.91 Å². The molecule has 0 radical (unpaired) electrons. The fraction of sp³-hybridized carbons (Fsp3) is 0.667. The second-order valence-electron chi connectivity index (χ2n) is 2.46. The molecule has 0 spiro atoms. The van der Waals surface area contributed by atoms with Crippen molar-refractivity contribution in [3.8, 4) is 0 Å². The average molecular weight is 222 g/mol. The number of primary amides is 1. The molecule has 0 fully saturated rings. The van der Waals surface area contributed by atoms with Crippen molar-refractivity contribution < 1.29 is 19.9 Å². The van der Waals surface area contributed by atoms with Gasteiger partial charge in [-0.1, -0.05) is 0 Å². The van der Waals surface area contributed by atoms with E-state index in [1.165, 1.54) is 5.34 Å². The van der Waals surface area contributed by atoms with Gasteiger partial charge in [-0.3, -0.25) is 4.79 Å². The van der Waals surface area contributed by atoms with E-state index in [0.29, 0.717) is 19.4 Å². The van der Waals surface area contributed by atoms with E-state index >= 15 is 0 Å². The highest BCUT2D eigenvalue weighted by Crippen LogP contribution is 1.92. The second kappa shape index (κ2) is 10.2. The van der Waals surface area contributed by atoms with Crippen molar-refractivity contribution in [2.24, 2.45) is 16.8 Å². The average Bonchev–Trinajstić information content (AvgIpc) is 2.12. The zero-order chi connectivity index (χ0) is 12.3. The number of hydrogen-bond acceptors (Lipinski definition) is 5. The number of hydrogen-bond donors (Lipinski definition) is 5. The predicted molar refractivity (Wildman–Crippen MR) is 50.0 cm³/mol. The molecule has 9 nitrogen and oxygen atoms in total. The molecule has 0 aliphatic heterocycles. The van der Waals surface area contributed by atoms with Crippen LogP contribution in [-0.2, 0) is 4.79 Å². The van der Waals surface area contributed by atoms with Crippen molar-refractivity contribution >= 4 is 12.0 Å². The van der Waals surface area contributed by atoms with E-state index in [9.17, 15) is 9.59 Å². The Labute approximate surface area is 85.4 Å². The summed E-state index contributed by atoms with van der Waals surface area (Å²) in [5.74, 6) is -1.03. The monoisotopic (exact) mass is 222 g/mol. The van der Waals surface area contributed by atoms with Crippen LogP contribution < -0.4 is 16.8 Å². The molecule has 15 heavy (non-hydrogen) atoms. The van der Waals surface area contributed by atoms with Crippen LogP contribution in [0.1, 0.15) is 12.8 Å². The van der Waals surface area contributed by atoms with Gasteiger partial charge in [-0.05, 0) is 12.8 Å². The lowest BCUT2D eigenvalue weighted by atomic mass is 10.2. The van der Waals surface area contributed by atoms with E-state index < -0.39 is 18.0 Å². The van der Waals surface area contributed by atoms with E-state index in [0.717, 1.165) is 0 Å². The molecule has 88 valence electrons. The summed E-state index contributed by atoms with van der Waals surface area (Å²) < 4.78 is 0. The van der Waals surface area contributed by atoms with Gasteiger partial charge in [0.1, 0.15) is 6.04 Å². The molecule has 0 bridgehead atoms. The van der Waals surface area contributed by atoms with Crippen LogP contribution in [-0.4, -0.2) is 34.9 Å². The SMILES string of the molecule is NC(=O)NCCCC(N)C(=O)O.O=NO. The van der Waals surface area contributed by atoms with Crippen LogP contribution >= 0.6 is 0 Å². The predicted octanol–water partition coefficient (Wildman–Crippen LogP) is -1.01. The molecule has 0 rings (SSSR count). The number of carboxylic acids is 1. The van der Waals surface area contributed by atoms with Crippen LogP contribution in [0.15, 0.2) is 5.34 Å². The number of carbonyl (C=O) groups excluding carboxylic acids is 1. The molecule has 0 aliphatic carbocycles. The van der Waals surface area contributed by atoms with Crippen molar-refractivity contribution in [3.63, 3.8) is 0 Å². The van der Waals surface area contributed by atoms with Crippen molar-refractivity contribution in [1.82, 2.24) is 5.32 Å². The molecule has 1 unspecified atom stereocenters. The number of carbonyl (C=O) groups is 2. The van der Waals surface area contributed by atoms with Gasteiger partial charge in [-0.15, -0.1) is 4.91 Å². The molecular formula is C6H14N4O5. The number of nitrogens with two attached hydrogens (primary N) is 2. The van der Waals surface area contributed by atoms with Crippen molar-refractivity contribution in [2.75, 3.05) is 6.54 Å². The Morgan fingerprint density at radius 3 is 2.27 bits per heavy atom. The molecule has 0 saturated heterocycles. The molecule has 7 N–H and O–H groups in total. The van der Waals surface area contributed by atoms with E-state index in [2.05, 4.69) is 5.32 Å². The molecule has 0 aromatic carbocycles. The molecule has 0 aromatic heterocycles. The zero-order valence-corrected chi connectivity index (χ0v) is 7.92. The van der Waals surface area contributed by atoms with Crippen LogP contribution in [0.3, 0.4) is 0 Å². The highest BCUT2D eigenvalue weighted by molar-refractivity contribution is 5.73. The first kappa shape index (κ1) is 15.6. The number of nitrogens with one attached hydrogen (secondary N) is 1. The zero-order valence-electron chi connectivity index (χ0n) is 7.92. The first-order valence-electron chi connectivity index (χ1n) is 3.94. The highest BCUT2D eigenvalue weighted by Gasteiger charge is 2.09. The van der Waals surface area contributed by atoms with Gasteiger partial charge in [0.2, 0.25) is 0 Å². The Bertz CT molecular complexity index is 210. The number of amides is 2. The van der Waals surface area contributed by atoms with Gasteiger partial charge in [0, 0.05) is 6.54 Å². The summed E-state index contributed by atoms with van der Waals surface area (Å²) in [4.78, 5) is 28.4. The summed E-state index contributed by atoms with van der Waals surface area (Å²) in [6.45, 7) is 0.357. The van der Waals surface area contributed by atoms with Gasteiger partial charge in [0.25, 0.3) is 0 Å². The van der Waals surface area contributed by atoms with Crippen molar-refractivity contribution in [1.29, 1.82) is 0 Å². The van der Waals surface area contributed by atoms with E-state index in [1.807, 2.05) is 0 Å². The summed E-state index contributed by atoms with van der Waals surface area (Å²) in [5.41, 5.74) is 9.96. The Hall–Kier alpha value is -1.90. The topological polar surface area (TPSA) is 168 Å². The standard InChI is InChI=1S/C6H13N3O3.HNO2/c7-4(5(10)11)2-1-3-9-6(8)12;2-1-3/h4H,1-3,7H2,(H,10,11)(H3,8,9,12);(H,2,3). The number of rotatable bonds is 5. The Balaban J connectivity index is 0. The highest BCUT2D eigenvalue weighted by atomic mass is 16.6. The summed E-state index contributed by atoms with van der Waals surface area (Å²) in [7, 11) is 0. The molecule has 2 amide bonds. The summed E-state index contributed by atoms with van der Waals surface area (Å²) >= 11 is 0. The fourth-order valence-electron chi connectivity index (χ4n) is 0.657. The van der Waals surface area contributed by atoms with Gasteiger partial charge in [-0.2, -0.15) is 0 Å². The Morgan fingerprint density at radius 1 is 1.47 bits per heavy atom. The molecule has 0 saturated carbocycles. The second-order valence-corrected chi connectivity index (χ2v) is 2.46. The van der Waals surface area contributed by atoms with Gasteiger partial charge in [-0.25, -0.2) is 4.79 Å². The molecule has 1 atom stereocenters. The maximum absolute atomic E-state index is 10.2. The Morgan fingerprint density at radius 2 is 1.93 bits per heavy atom. The van der Waals surface area contributed by atoms with Crippen LogP contribution in [0.25, 0.3) is 0 Å². The number of nitrogens with zero attached hydrogens (tertiary/aromatic N) is 1. The first-order chi connectivity index (χ1) is 6.95. The summed E-state index contributed by atoms with van der Waals surface area (Å²) in [6, 6.07) is -1.47. The van der Waals surface area contributed by atoms with Gasteiger partial charge in [0.15, 0.2) is 5.34 Å². The third-order valence-corrected chi connectivity index (χ3v) is 1.31. The Kier molecular flexibility index (Phi) is 10.6. The lowest BCUT2D eigenvalue weighted by Gasteiger charge is -2.05. The lowest BCUT2D eigenvalue weighted by molar-refractivity contribution is -0.138.